The van der Waals surface area contributed by atoms with E-state index in [1.165, 1.54) is 30.1 Å². The lowest BCUT2D eigenvalue weighted by atomic mass is 10.2. The number of hydrogen-bond acceptors (Lipinski definition) is 4. The summed E-state index contributed by atoms with van der Waals surface area (Å²) in [6, 6.07) is 15.4. The third-order valence-electron chi connectivity index (χ3n) is 4.32. The lowest BCUT2D eigenvalue weighted by molar-refractivity contribution is 0.102. The molecule has 0 fully saturated rings. The van der Waals surface area contributed by atoms with Crippen LogP contribution in [0.1, 0.15) is 16.1 Å². The van der Waals surface area contributed by atoms with Crippen molar-refractivity contribution < 1.29 is 9.18 Å². The van der Waals surface area contributed by atoms with E-state index >= 15 is 0 Å². The van der Waals surface area contributed by atoms with E-state index in [0.29, 0.717) is 28.8 Å². The molecule has 2 heterocycles. The minimum absolute atomic E-state index is 0.293. The molecule has 146 valence electrons. The topological polar surface area (TPSA) is 64.7 Å². The second kappa shape index (κ2) is 8.32. The van der Waals surface area contributed by atoms with Crippen LogP contribution in [-0.4, -0.2) is 31.5 Å². The van der Waals surface area contributed by atoms with Crippen LogP contribution in [0, 0.1) is 5.82 Å². The van der Waals surface area contributed by atoms with Crippen LogP contribution < -0.4 is 5.32 Å². The van der Waals surface area contributed by atoms with Gasteiger partial charge >= 0.3 is 0 Å². The van der Waals surface area contributed by atoms with Gasteiger partial charge in [0.2, 0.25) is 0 Å². The number of carbonyl (C=O) groups is 1. The molecular formula is C21H18FN5OS. The Bertz CT molecular complexity index is 1120. The molecule has 2 aromatic heterocycles. The molecule has 0 bridgehead atoms. The summed E-state index contributed by atoms with van der Waals surface area (Å²) in [5.74, 6) is -0.627. The number of hydrogen-bond donors (Lipinski definition) is 1. The highest BCUT2D eigenvalue weighted by atomic mass is 32.2. The van der Waals surface area contributed by atoms with Crippen molar-refractivity contribution in [2.75, 3.05) is 11.6 Å². The zero-order valence-electron chi connectivity index (χ0n) is 15.6. The SMILES string of the molecule is CSc1ncc(C(=O)Nc2cccc(Cn3cccn3)c2)n1-c1ccc(F)cc1. The fourth-order valence-electron chi connectivity index (χ4n) is 3.00. The molecule has 29 heavy (non-hydrogen) atoms. The van der Waals surface area contributed by atoms with Gasteiger partial charge in [0.05, 0.1) is 12.7 Å². The third kappa shape index (κ3) is 4.22. The number of imidazole rings is 1. The second-order valence-electron chi connectivity index (χ2n) is 6.30. The summed E-state index contributed by atoms with van der Waals surface area (Å²) in [4.78, 5) is 17.3. The molecule has 6 nitrogen and oxygen atoms in total. The van der Waals surface area contributed by atoms with Crippen molar-refractivity contribution in [3.8, 4) is 5.69 Å². The molecule has 2 aromatic carbocycles. The average Bonchev–Trinajstić information content (AvgIpc) is 3.38. The number of amides is 1. The van der Waals surface area contributed by atoms with Gasteiger partial charge in [0.15, 0.2) is 5.16 Å². The maximum Gasteiger partial charge on any atom is 0.274 e. The summed E-state index contributed by atoms with van der Waals surface area (Å²) >= 11 is 1.41. The van der Waals surface area contributed by atoms with Crippen LogP contribution in [0.4, 0.5) is 10.1 Å². The monoisotopic (exact) mass is 407 g/mol. The lowest BCUT2D eigenvalue weighted by Crippen LogP contribution is -2.17. The molecule has 8 heteroatoms. The number of nitrogens with one attached hydrogen (secondary N) is 1. The molecule has 1 N–H and O–H groups in total. The summed E-state index contributed by atoms with van der Waals surface area (Å²) in [5, 5.41) is 7.77. The quantitative estimate of drug-likeness (QED) is 0.486. The largest absolute Gasteiger partial charge is 0.321 e. The van der Waals surface area contributed by atoms with E-state index in [2.05, 4.69) is 15.4 Å². The molecule has 0 aliphatic carbocycles. The van der Waals surface area contributed by atoms with E-state index in [1.54, 1.807) is 22.9 Å². The number of rotatable bonds is 6. The number of nitrogens with zero attached hydrogens (tertiary/aromatic N) is 4. The van der Waals surface area contributed by atoms with Crippen molar-refractivity contribution >= 4 is 23.4 Å². The standard InChI is InChI=1S/C21H18FN5OS/c1-29-21-23-13-19(27(21)18-8-6-16(22)7-9-18)20(28)25-17-5-2-4-15(12-17)14-26-11-3-10-24-26/h2-13H,14H2,1H3,(H,25,28). The second-order valence-corrected chi connectivity index (χ2v) is 7.07. The first kappa shape index (κ1) is 18.9. The Morgan fingerprint density at radius 2 is 2.00 bits per heavy atom. The van der Waals surface area contributed by atoms with Crippen molar-refractivity contribution in [3.63, 3.8) is 0 Å². The normalized spacial score (nSPS) is 10.8. The summed E-state index contributed by atoms with van der Waals surface area (Å²) in [7, 11) is 0. The highest BCUT2D eigenvalue weighted by Crippen LogP contribution is 2.23. The molecule has 1 amide bonds. The van der Waals surface area contributed by atoms with Gasteiger partial charge in [0.1, 0.15) is 11.5 Å². The smallest absolute Gasteiger partial charge is 0.274 e. The van der Waals surface area contributed by atoms with E-state index < -0.39 is 0 Å². The van der Waals surface area contributed by atoms with Gasteiger partial charge in [-0.05, 0) is 54.3 Å². The van der Waals surface area contributed by atoms with Gasteiger partial charge in [-0.25, -0.2) is 9.37 Å². The van der Waals surface area contributed by atoms with Crippen LogP contribution in [0.5, 0.6) is 0 Å². The van der Waals surface area contributed by atoms with Gasteiger partial charge in [0.25, 0.3) is 5.91 Å². The number of halogens is 1. The summed E-state index contributed by atoms with van der Waals surface area (Å²) in [6.45, 7) is 0.612. The maximum absolute atomic E-state index is 13.3. The number of carbonyl (C=O) groups excluding carboxylic acids is 1. The Kier molecular flexibility index (Phi) is 5.44. The predicted molar refractivity (Wildman–Crippen MR) is 111 cm³/mol. The molecule has 0 aliphatic rings. The van der Waals surface area contributed by atoms with Gasteiger partial charge in [-0.1, -0.05) is 23.9 Å². The fraction of sp³-hybridized carbons (Fsp3) is 0.0952. The van der Waals surface area contributed by atoms with Crippen LogP contribution in [0.15, 0.2) is 78.3 Å². The van der Waals surface area contributed by atoms with E-state index in [0.717, 1.165) is 5.56 Å². The first-order valence-corrected chi connectivity index (χ1v) is 10.1. The highest BCUT2D eigenvalue weighted by Gasteiger charge is 2.18. The summed E-state index contributed by atoms with van der Waals surface area (Å²) < 4.78 is 16.8. The van der Waals surface area contributed by atoms with E-state index in [1.807, 2.05) is 47.5 Å². The molecule has 0 spiro atoms. The predicted octanol–water partition coefficient (Wildman–Crippen LogP) is 4.23. The summed E-state index contributed by atoms with van der Waals surface area (Å²) in [6.07, 6.45) is 7.02. The first-order valence-electron chi connectivity index (χ1n) is 8.89. The first-order chi connectivity index (χ1) is 14.1. The van der Waals surface area contributed by atoms with E-state index in [9.17, 15) is 9.18 Å². The van der Waals surface area contributed by atoms with Gasteiger partial charge < -0.3 is 5.32 Å². The van der Waals surface area contributed by atoms with Gasteiger partial charge in [-0.3, -0.25) is 14.0 Å². The summed E-state index contributed by atoms with van der Waals surface area (Å²) in [5.41, 5.74) is 2.74. The van der Waals surface area contributed by atoms with Crippen LogP contribution in [0.2, 0.25) is 0 Å². The van der Waals surface area contributed by atoms with Crippen molar-refractivity contribution in [2.24, 2.45) is 0 Å². The van der Waals surface area contributed by atoms with E-state index in [4.69, 9.17) is 0 Å². The third-order valence-corrected chi connectivity index (χ3v) is 4.97. The molecular weight excluding hydrogens is 389 g/mol. The minimum atomic E-state index is -0.334. The maximum atomic E-state index is 13.3. The van der Waals surface area contributed by atoms with Crippen molar-refractivity contribution in [3.05, 3.63) is 90.3 Å². The average molecular weight is 407 g/mol. The Morgan fingerprint density at radius 3 is 2.72 bits per heavy atom. The lowest BCUT2D eigenvalue weighted by Gasteiger charge is -2.12. The van der Waals surface area contributed by atoms with Gasteiger partial charge in [-0.2, -0.15) is 5.10 Å². The fourth-order valence-corrected chi connectivity index (χ4v) is 3.55. The Balaban J connectivity index is 1.59. The molecule has 0 saturated heterocycles. The van der Waals surface area contributed by atoms with Gasteiger partial charge in [0, 0.05) is 23.8 Å². The zero-order chi connectivity index (χ0) is 20.2. The molecule has 0 saturated carbocycles. The minimum Gasteiger partial charge on any atom is -0.321 e. The zero-order valence-corrected chi connectivity index (χ0v) is 16.4. The van der Waals surface area contributed by atoms with Crippen LogP contribution in [0.3, 0.4) is 0 Å². The Labute approximate surface area is 171 Å². The van der Waals surface area contributed by atoms with Crippen LogP contribution >= 0.6 is 11.8 Å². The van der Waals surface area contributed by atoms with Gasteiger partial charge in [-0.15, -0.1) is 0 Å². The van der Waals surface area contributed by atoms with Crippen molar-refractivity contribution in [1.82, 2.24) is 19.3 Å². The van der Waals surface area contributed by atoms with E-state index in [-0.39, 0.29) is 11.7 Å². The number of anilines is 1. The molecule has 4 aromatic rings. The molecule has 0 radical (unpaired) electrons. The molecule has 0 atom stereocenters. The Morgan fingerprint density at radius 1 is 1.17 bits per heavy atom. The highest BCUT2D eigenvalue weighted by molar-refractivity contribution is 7.98. The number of thioether (sulfide) groups is 1. The van der Waals surface area contributed by atoms with Crippen molar-refractivity contribution in [1.29, 1.82) is 0 Å². The van der Waals surface area contributed by atoms with Crippen LogP contribution in [0.25, 0.3) is 5.69 Å². The van der Waals surface area contributed by atoms with Crippen molar-refractivity contribution in [2.45, 2.75) is 11.7 Å². The molecule has 0 aliphatic heterocycles. The van der Waals surface area contributed by atoms with Crippen LogP contribution in [-0.2, 0) is 6.54 Å². The molecule has 0 unspecified atom stereocenters. The Hall–Kier alpha value is -3.39. The number of aromatic nitrogens is 4. The number of benzene rings is 2. The molecule has 4 rings (SSSR count).